The van der Waals surface area contributed by atoms with Gasteiger partial charge in [-0.3, -0.25) is 19.3 Å². The van der Waals surface area contributed by atoms with Crippen molar-refractivity contribution in [2.45, 2.75) is 64.0 Å². The van der Waals surface area contributed by atoms with E-state index < -0.39 is 26.4 Å². The molecule has 1 unspecified atom stereocenters. The van der Waals surface area contributed by atoms with Crippen molar-refractivity contribution < 1.29 is 41.4 Å². The van der Waals surface area contributed by atoms with Crippen molar-refractivity contribution >= 4 is 31.8 Å². The maximum absolute atomic E-state index is 13.4. The van der Waals surface area contributed by atoms with Gasteiger partial charge in [0.1, 0.15) is 18.5 Å². The van der Waals surface area contributed by atoms with Crippen molar-refractivity contribution in [3.05, 3.63) is 59.2 Å². The first-order valence-electron chi connectivity index (χ1n) is 14.1. The molecule has 3 heterocycles. The summed E-state index contributed by atoms with van der Waals surface area (Å²) < 4.78 is 52.3. The largest absolute Gasteiger partial charge is 0.573 e. The van der Waals surface area contributed by atoms with Gasteiger partial charge < -0.3 is 24.1 Å². The zero-order valence-corrected chi connectivity index (χ0v) is 25.4. The minimum absolute atomic E-state index is 0.0775. The molecule has 44 heavy (non-hydrogen) atoms. The Labute approximate surface area is 252 Å². The molecule has 0 radical (unpaired) electrons. The summed E-state index contributed by atoms with van der Waals surface area (Å²) in [5.74, 6) is -1.28. The van der Waals surface area contributed by atoms with Gasteiger partial charge in [-0.1, -0.05) is 36.9 Å². The number of ether oxygens (including phenoxy) is 2. The third-order valence-corrected chi connectivity index (χ3v) is 8.99. The summed E-state index contributed by atoms with van der Waals surface area (Å²) in [6.45, 7) is 7.51. The van der Waals surface area contributed by atoms with Crippen LogP contribution in [-0.4, -0.2) is 71.5 Å². The molecule has 0 spiro atoms. The first-order chi connectivity index (χ1) is 20.8. The molecule has 0 bridgehead atoms. The van der Waals surface area contributed by atoms with Crippen LogP contribution in [0.15, 0.2) is 46.9 Å². The van der Waals surface area contributed by atoms with Gasteiger partial charge in [0.25, 0.3) is 11.8 Å². The van der Waals surface area contributed by atoms with Gasteiger partial charge in [0.2, 0.25) is 11.8 Å². The number of halogens is 3. The predicted octanol–water partition coefficient (Wildman–Crippen LogP) is 5.03. The van der Waals surface area contributed by atoms with Gasteiger partial charge >= 0.3 is 12.4 Å². The van der Waals surface area contributed by atoms with Crippen LogP contribution in [0.1, 0.15) is 34.3 Å². The fraction of sp³-hybridized carbons (Fsp3) is 0.414. The first-order valence-corrected chi connectivity index (χ1v) is 17.8. The van der Waals surface area contributed by atoms with Crippen LogP contribution in [0.2, 0.25) is 25.7 Å². The third kappa shape index (κ3) is 7.45. The summed E-state index contributed by atoms with van der Waals surface area (Å²) in [6.07, 6.45) is -4.38. The number of aromatic nitrogens is 2. The monoisotopic (exact) mass is 631 g/mol. The van der Waals surface area contributed by atoms with Crippen molar-refractivity contribution in [3.8, 4) is 17.2 Å². The topological polar surface area (TPSA) is 127 Å². The fourth-order valence-corrected chi connectivity index (χ4v) is 5.66. The highest BCUT2D eigenvalue weighted by atomic mass is 28.3. The van der Waals surface area contributed by atoms with Crippen LogP contribution >= 0.6 is 0 Å². The second-order valence-electron chi connectivity index (χ2n) is 11.8. The smallest absolute Gasteiger partial charge is 0.406 e. The molecule has 1 aromatic heterocycles. The molecule has 1 fully saturated rings. The summed E-state index contributed by atoms with van der Waals surface area (Å²) in [5.41, 5.74) is 2.40. The average molecular weight is 632 g/mol. The molecule has 0 saturated carbocycles. The standard InChI is InChI=1S/C29H32F3N5O6Si/c1-44(2,3)13-12-41-17-37-24(38)11-10-23(27(37)40)36-16-20-5-4-18(14-22(20)26(36)39)15-33-28-35-34-25(42-28)19-6-8-21(9-7-19)43-29(30,31)32/h4-9,14,23H,10-13,15-17H2,1-3H3,(H,33,35). The van der Waals surface area contributed by atoms with Crippen LogP contribution < -0.4 is 10.1 Å². The first kappa shape index (κ1) is 31.2. The second-order valence-corrected chi connectivity index (χ2v) is 17.4. The number of carbonyl (C=O) groups excluding carboxylic acids is 3. The molecule has 11 nitrogen and oxygen atoms in total. The molecule has 3 aromatic rings. The molecular formula is C29H32F3N5O6Si. The van der Waals surface area contributed by atoms with Crippen LogP contribution in [0.5, 0.6) is 5.75 Å². The molecule has 2 aliphatic heterocycles. The van der Waals surface area contributed by atoms with E-state index in [0.29, 0.717) is 17.7 Å². The highest BCUT2D eigenvalue weighted by Gasteiger charge is 2.42. The minimum Gasteiger partial charge on any atom is -0.406 e. The number of rotatable bonds is 11. The summed E-state index contributed by atoms with van der Waals surface area (Å²) in [6, 6.07) is 10.7. The molecule has 1 atom stereocenters. The zero-order chi connectivity index (χ0) is 31.6. The predicted molar refractivity (Wildman–Crippen MR) is 154 cm³/mol. The van der Waals surface area contributed by atoms with Gasteiger partial charge in [-0.15, -0.1) is 18.3 Å². The van der Waals surface area contributed by atoms with E-state index in [1.807, 2.05) is 12.1 Å². The van der Waals surface area contributed by atoms with Crippen LogP contribution in [0, 0.1) is 0 Å². The molecule has 3 amide bonds. The molecule has 0 aliphatic carbocycles. The van der Waals surface area contributed by atoms with Gasteiger partial charge in [0.05, 0.1) is 0 Å². The Morgan fingerprint density at radius 1 is 1.07 bits per heavy atom. The Bertz CT molecular complexity index is 1540. The highest BCUT2D eigenvalue weighted by molar-refractivity contribution is 6.76. The summed E-state index contributed by atoms with van der Waals surface area (Å²) >= 11 is 0. The fourth-order valence-electron chi connectivity index (χ4n) is 4.90. The number of anilines is 1. The molecule has 15 heteroatoms. The van der Waals surface area contributed by atoms with Crippen molar-refractivity contribution in [3.63, 3.8) is 0 Å². The van der Waals surface area contributed by atoms with Crippen LogP contribution in [0.3, 0.4) is 0 Å². The van der Waals surface area contributed by atoms with Crippen molar-refractivity contribution in [2.75, 3.05) is 18.7 Å². The van der Waals surface area contributed by atoms with E-state index in [1.165, 1.54) is 17.0 Å². The number of alkyl halides is 3. The van der Waals surface area contributed by atoms with E-state index in [9.17, 15) is 27.6 Å². The normalized spacial score (nSPS) is 17.3. The Kier molecular flexibility index (Phi) is 8.79. The van der Waals surface area contributed by atoms with E-state index in [0.717, 1.165) is 34.2 Å². The van der Waals surface area contributed by atoms with Crippen molar-refractivity contribution in [1.82, 2.24) is 20.0 Å². The van der Waals surface area contributed by atoms with E-state index in [1.54, 1.807) is 6.07 Å². The lowest BCUT2D eigenvalue weighted by atomic mass is 10.0. The van der Waals surface area contributed by atoms with Crippen LogP contribution in [0.25, 0.3) is 11.5 Å². The average Bonchev–Trinajstić information content (AvgIpc) is 3.55. The number of nitrogens with one attached hydrogen (secondary N) is 1. The number of fused-ring (bicyclic) bond motifs is 1. The van der Waals surface area contributed by atoms with Gasteiger partial charge in [-0.25, -0.2) is 0 Å². The van der Waals surface area contributed by atoms with E-state index >= 15 is 0 Å². The van der Waals surface area contributed by atoms with E-state index in [-0.39, 0.29) is 62.1 Å². The number of benzene rings is 2. The molecule has 2 aliphatic rings. The number of imide groups is 1. The maximum Gasteiger partial charge on any atom is 0.573 e. The van der Waals surface area contributed by atoms with Gasteiger partial charge in [0.15, 0.2) is 0 Å². The number of piperidine rings is 1. The molecule has 1 N–H and O–H groups in total. The molecule has 1 saturated heterocycles. The SMILES string of the molecule is C[Si](C)(C)CCOCN1C(=O)CCC(N2Cc3ccc(CNc4nnc(-c5ccc(OC(F)(F)F)cc5)o4)cc3C2=O)C1=O. The number of carbonyl (C=O) groups is 3. The number of likely N-dealkylation sites (tertiary alicyclic amines) is 1. The summed E-state index contributed by atoms with van der Waals surface area (Å²) in [4.78, 5) is 41.8. The van der Waals surface area contributed by atoms with Crippen LogP contribution in [0.4, 0.5) is 19.2 Å². The number of nitrogens with zero attached hydrogens (tertiary/aromatic N) is 4. The van der Waals surface area contributed by atoms with Crippen molar-refractivity contribution in [2.24, 2.45) is 0 Å². The highest BCUT2D eigenvalue weighted by Crippen LogP contribution is 2.31. The zero-order valence-electron chi connectivity index (χ0n) is 24.4. The quantitative estimate of drug-likeness (QED) is 0.176. The Hall–Kier alpha value is -4.24. The lowest BCUT2D eigenvalue weighted by Gasteiger charge is -2.35. The Morgan fingerprint density at radius 3 is 2.52 bits per heavy atom. The van der Waals surface area contributed by atoms with Crippen molar-refractivity contribution in [1.29, 1.82) is 0 Å². The Morgan fingerprint density at radius 2 is 1.82 bits per heavy atom. The van der Waals surface area contributed by atoms with Gasteiger partial charge in [0, 0.05) is 45.3 Å². The lowest BCUT2D eigenvalue weighted by molar-refractivity contribution is -0.274. The van der Waals surface area contributed by atoms with Crippen LogP contribution in [-0.2, 0) is 27.4 Å². The van der Waals surface area contributed by atoms with E-state index in [4.69, 9.17) is 9.15 Å². The second kappa shape index (κ2) is 12.4. The molecule has 234 valence electrons. The number of hydrogen-bond acceptors (Lipinski definition) is 9. The third-order valence-electron chi connectivity index (χ3n) is 7.29. The van der Waals surface area contributed by atoms with Gasteiger partial charge in [-0.05, 0) is 53.9 Å². The minimum atomic E-state index is -4.79. The molecule has 5 rings (SSSR count). The summed E-state index contributed by atoms with van der Waals surface area (Å²) in [5, 5.41) is 10.8. The maximum atomic E-state index is 13.4. The van der Waals surface area contributed by atoms with E-state index in [2.05, 4.69) is 39.9 Å². The molecule has 2 aromatic carbocycles. The van der Waals surface area contributed by atoms with Gasteiger partial charge in [-0.2, -0.15) is 0 Å². The summed E-state index contributed by atoms with van der Waals surface area (Å²) in [7, 11) is -1.32. The molecular weight excluding hydrogens is 599 g/mol. The Balaban J connectivity index is 1.18. The number of amides is 3. The lowest BCUT2D eigenvalue weighted by Crippen LogP contribution is -2.55. The number of hydrogen-bond donors (Lipinski definition) is 1.